The second kappa shape index (κ2) is 6.56. The summed E-state index contributed by atoms with van der Waals surface area (Å²) in [6.07, 6.45) is 5.88. The molecule has 2 aliphatic rings. The van der Waals surface area contributed by atoms with Crippen molar-refractivity contribution in [3.63, 3.8) is 0 Å². The number of aromatic nitrogens is 1. The molecular weight excluding hydrogens is 326 g/mol. The molecule has 1 spiro atoms. The van der Waals surface area contributed by atoms with E-state index in [-0.39, 0.29) is 23.3 Å². The van der Waals surface area contributed by atoms with Crippen molar-refractivity contribution >= 4 is 11.8 Å². The Kier molecular flexibility index (Phi) is 4.23. The first kappa shape index (κ1) is 16.8. The average molecular weight is 349 g/mol. The minimum atomic E-state index is -0.194. The van der Waals surface area contributed by atoms with Crippen LogP contribution in [0.1, 0.15) is 46.7 Å². The van der Waals surface area contributed by atoms with Crippen LogP contribution >= 0.6 is 0 Å². The highest BCUT2D eigenvalue weighted by Crippen LogP contribution is 2.39. The standard InChI is InChI=1S/C21H23N3O2/c1-15-5-2-3-7-17(15)20(26)24-11-8-21(9-12-24)13-18(19(25)23-21)16-6-4-10-22-14-16/h2-7,10,14,18H,8-9,11-13H2,1H3,(H,23,25). The third-order valence-electron chi connectivity index (χ3n) is 5.77. The van der Waals surface area contributed by atoms with Crippen LogP contribution in [-0.2, 0) is 4.79 Å². The summed E-state index contributed by atoms with van der Waals surface area (Å²) in [4.78, 5) is 31.4. The first-order valence-corrected chi connectivity index (χ1v) is 9.15. The lowest BCUT2D eigenvalue weighted by atomic mass is 9.82. The maximum Gasteiger partial charge on any atom is 0.254 e. The molecule has 2 aromatic rings. The Morgan fingerprint density at radius 2 is 1.96 bits per heavy atom. The summed E-state index contributed by atoms with van der Waals surface area (Å²) in [5, 5.41) is 3.22. The van der Waals surface area contributed by atoms with Crippen LogP contribution in [0, 0.1) is 6.92 Å². The number of rotatable bonds is 2. The van der Waals surface area contributed by atoms with Crippen LogP contribution < -0.4 is 5.32 Å². The number of amides is 2. The van der Waals surface area contributed by atoms with Gasteiger partial charge in [-0.25, -0.2) is 0 Å². The summed E-state index contributed by atoms with van der Waals surface area (Å²) in [6, 6.07) is 11.5. The lowest BCUT2D eigenvalue weighted by Gasteiger charge is -2.39. The van der Waals surface area contributed by atoms with Gasteiger partial charge >= 0.3 is 0 Å². The SMILES string of the molecule is Cc1ccccc1C(=O)N1CCC2(CC1)CC(c1cccnc1)C(=O)N2. The molecule has 2 aliphatic heterocycles. The lowest BCUT2D eigenvalue weighted by molar-refractivity contribution is -0.121. The molecule has 0 saturated carbocycles. The molecule has 5 nitrogen and oxygen atoms in total. The fourth-order valence-electron chi connectivity index (χ4n) is 4.18. The van der Waals surface area contributed by atoms with Gasteiger partial charge in [0.2, 0.25) is 5.91 Å². The Bertz CT molecular complexity index is 826. The van der Waals surface area contributed by atoms with Gasteiger partial charge < -0.3 is 10.2 Å². The lowest BCUT2D eigenvalue weighted by Crippen LogP contribution is -2.52. The molecule has 2 saturated heterocycles. The van der Waals surface area contributed by atoms with E-state index in [1.54, 1.807) is 12.4 Å². The van der Waals surface area contributed by atoms with Gasteiger partial charge in [-0.1, -0.05) is 24.3 Å². The molecule has 0 bridgehead atoms. The van der Waals surface area contributed by atoms with Crippen molar-refractivity contribution in [3.05, 3.63) is 65.5 Å². The maximum atomic E-state index is 12.8. The predicted octanol–water partition coefficient (Wildman–Crippen LogP) is 2.67. The smallest absolute Gasteiger partial charge is 0.254 e. The highest BCUT2D eigenvalue weighted by Gasteiger charge is 2.46. The van der Waals surface area contributed by atoms with Crippen LogP contribution in [0.15, 0.2) is 48.8 Å². The molecule has 2 amide bonds. The number of benzene rings is 1. The molecule has 0 aliphatic carbocycles. The van der Waals surface area contributed by atoms with E-state index in [0.717, 1.165) is 36.0 Å². The van der Waals surface area contributed by atoms with Crippen LogP contribution in [0.2, 0.25) is 0 Å². The number of nitrogens with zero attached hydrogens (tertiary/aromatic N) is 2. The first-order valence-electron chi connectivity index (χ1n) is 9.15. The Morgan fingerprint density at radius 1 is 1.19 bits per heavy atom. The molecule has 26 heavy (non-hydrogen) atoms. The molecule has 0 radical (unpaired) electrons. The van der Waals surface area contributed by atoms with Crippen molar-refractivity contribution in [2.75, 3.05) is 13.1 Å². The molecular formula is C21H23N3O2. The molecule has 1 atom stereocenters. The maximum absolute atomic E-state index is 12.8. The van der Waals surface area contributed by atoms with Crippen molar-refractivity contribution in [1.29, 1.82) is 0 Å². The van der Waals surface area contributed by atoms with Gasteiger partial charge in [0, 0.05) is 36.6 Å². The van der Waals surface area contributed by atoms with E-state index in [9.17, 15) is 9.59 Å². The molecule has 1 unspecified atom stereocenters. The number of likely N-dealkylation sites (tertiary alicyclic amines) is 1. The third-order valence-corrected chi connectivity index (χ3v) is 5.77. The Labute approximate surface area is 153 Å². The van der Waals surface area contributed by atoms with Gasteiger partial charge in [0.05, 0.1) is 5.92 Å². The zero-order chi connectivity index (χ0) is 18.1. The van der Waals surface area contributed by atoms with E-state index in [1.807, 2.05) is 48.2 Å². The third kappa shape index (κ3) is 2.98. The van der Waals surface area contributed by atoms with Crippen molar-refractivity contribution in [2.45, 2.75) is 37.6 Å². The molecule has 1 aromatic heterocycles. The van der Waals surface area contributed by atoms with E-state index in [4.69, 9.17) is 0 Å². The Balaban J connectivity index is 1.45. The summed E-state index contributed by atoms with van der Waals surface area (Å²) in [7, 11) is 0. The van der Waals surface area contributed by atoms with Gasteiger partial charge in [-0.2, -0.15) is 0 Å². The molecule has 4 rings (SSSR count). The molecule has 134 valence electrons. The minimum absolute atomic E-state index is 0.0803. The van der Waals surface area contributed by atoms with Crippen LogP contribution in [0.25, 0.3) is 0 Å². The Morgan fingerprint density at radius 3 is 2.65 bits per heavy atom. The van der Waals surface area contributed by atoms with Gasteiger partial charge in [0.25, 0.3) is 5.91 Å². The topological polar surface area (TPSA) is 62.3 Å². The van der Waals surface area contributed by atoms with Gasteiger partial charge in [0.1, 0.15) is 0 Å². The fraction of sp³-hybridized carbons (Fsp3) is 0.381. The largest absolute Gasteiger partial charge is 0.350 e. The summed E-state index contributed by atoms with van der Waals surface area (Å²) in [5.41, 5.74) is 2.55. The monoisotopic (exact) mass is 349 g/mol. The van der Waals surface area contributed by atoms with Gasteiger partial charge in [-0.15, -0.1) is 0 Å². The minimum Gasteiger partial charge on any atom is -0.350 e. The summed E-state index contributed by atoms with van der Waals surface area (Å²) in [5.74, 6) is 0.0325. The van der Waals surface area contributed by atoms with Crippen molar-refractivity contribution < 1.29 is 9.59 Å². The fourth-order valence-corrected chi connectivity index (χ4v) is 4.18. The van der Waals surface area contributed by atoms with E-state index < -0.39 is 0 Å². The molecule has 2 fully saturated rings. The second-order valence-corrected chi connectivity index (χ2v) is 7.42. The zero-order valence-corrected chi connectivity index (χ0v) is 14.9. The number of nitrogens with one attached hydrogen (secondary N) is 1. The quantitative estimate of drug-likeness (QED) is 0.907. The van der Waals surface area contributed by atoms with Crippen LogP contribution in [0.5, 0.6) is 0 Å². The van der Waals surface area contributed by atoms with Crippen molar-refractivity contribution in [2.24, 2.45) is 0 Å². The average Bonchev–Trinajstić information content (AvgIpc) is 2.99. The van der Waals surface area contributed by atoms with Crippen LogP contribution in [0.3, 0.4) is 0 Å². The summed E-state index contributed by atoms with van der Waals surface area (Å²) in [6.45, 7) is 3.31. The van der Waals surface area contributed by atoms with Gasteiger partial charge in [0.15, 0.2) is 0 Å². The zero-order valence-electron chi connectivity index (χ0n) is 14.9. The number of piperidine rings is 1. The second-order valence-electron chi connectivity index (χ2n) is 7.42. The van der Waals surface area contributed by atoms with Crippen LogP contribution in [0.4, 0.5) is 0 Å². The van der Waals surface area contributed by atoms with E-state index in [1.165, 1.54) is 0 Å². The molecule has 1 aromatic carbocycles. The number of hydrogen-bond donors (Lipinski definition) is 1. The van der Waals surface area contributed by atoms with Crippen LogP contribution in [-0.4, -0.2) is 40.3 Å². The number of carbonyl (C=O) groups excluding carboxylic acids is 2. The number of aryl methyl sites for hydroxylation is 1. The van der Waals surface area contributed by atoms with Gasteiger partial charge in [-0.3, -0.25) is 14.6 Å². The van der Waals surface area contributed by atoms with Crippen molar-refractivity contribution in [3.8, 4) is 0 Å². The number of pyridine rings is 1. The summed E-state index contributed by atoms with van der Waals surface area (Å²) < 4.78 is 0. The molecule has 1 N–H and O–H groups in total. The molecule has 3 heterocycles. The van der Waals surface area contributed by atoms with E-state index in [2.05, 4.69) is 10.3 Å². The first-order chi connectivity index (χ1) is 12.6. The number of carbonyl (C=O) groups is 2. The Hall–Kier alpha value is -2.69. The van der Waals surface area contributed by atoms with Crippen molar-refractivity contribution in [1.82, 2.24) is 15.2 Å². The predicted molar refractivity (Wildman–Crippen MR) is 98.8 cm³/mol. The van der Waals surface area contributed by atoms with Gasteiger partial charge in [-0.05, 0) is 49.4 Å². The highest BCUT2D eigenvalue weighted by atomic mass is 16.2. The summed E-state index contributed by atoms with van der Waals surface area (Å²) >= 11 is 0. The van der Waals surface area contributed by atoms with E-state index >= 15 is 0 Å². The normalized spacial score (nSPS) is 21.7. The molecule has 5 heteroatoms. The van der Waals surface area contributed by atoms with E-state index in [0.29, 0.717) is 13.1 Å². The number of hydrogen-bond acceptors (Lipinski definition) is 3. The highest BCUT2D eigenvalue weighted by molar-refractivity contribution is 5.95.